The number of anilines is 2. The van der Waals surface area contributed by atoms with Crippen molar-refractivity contribution in [2.75, 3.05) is 11.1 Å². The van der Waals surface area contributed by atoms with Gasteiger partial charge in [0.05, 0.1) is 22.5 Å². The number of hydrogen-bond acceptors (Lipinski definition) is 3. The van der Waals surface area contributed by atoms with Crippen LogP contribution in [0.4, 0.5) is 15.8 Å². The van der Waals surface area contributed by atoms with Crippen molar-refractivity contribution in [3.8, 4) is 0 Å². The van der Waals surface area contributed by atoms with Gasteiger partial charge < -0.3 is 11.1 Å². The minimum Gasteiger partial charge on any atom is -0.399 e. The Labute approximate surface area is 108 Å². The van der Waals surface area contributed by atoms with E-state index in [1.54, 1.807) is 6.07 Å². The van der Waals surface area contributed by atoms with Crippen LogP contribution in [0.2, 0.25) is 5.02 Å². The Morgan fingerprint density at radius 1 is 1.33 bits per heavy atom. The van der Waals surface area contributed by atoms with Crippen molar-refractivity contribution in [3.05, 3.63) is 53.1 Å². The highest BCUT2D eigenvalue weighted by Crippen LogP contribution is 2.20. The number of nitrogens with two attached hydrogens (primary N) is 1. The molecule has 1 aromatic carbocycles. The molecule has 2 rings (SSSR count). The van der Waals surface area contributed by atoms with Gasteiger partial charge in [-0.2, -0.15) is 4.39 Å². The zero-order valence-electron chi connectivity index (χ0n) is 9.15. The number of nitrogen functional groups attached to an aromatic ring is 1. The molecule has 0 aliphatic rings. The number of pyridine rings is 1. The summed E-state index contributed by atoms with van der Waals surface area (Å²) in [5.41, 5.74) is 6.67. The molecule has 0 unspecified atom stereocenters. The quantitative estimate of drug-likeness (QED) is 0.648. The average molecular weight is 266 g/mol. The van der Waals surface area contributed by atoms with E-state index in [9.17, 15) is 9.18 Å². The monoisotopic (exact) mass is 265 g/mol. The molecule has 92 valence electrons. The Hall–Kier alpha value is -2.14. The molecule has 6 heteroatoms. The fourth-order valence-electron chi connectivity index (χ4n) is 1.36. The van der Waals surface area contributed by atoms with Gasteiger partial charge in [0.25, 0.3) is 5.91 Å². The number of nitrogens with zero attached hydrogens (tertiary/aromatic N) is 1. The van der Waals surface area contributed by atoms with Crippen molar-refractivity contribution in [3.63, 3.8) is 0 Å². The minimum absolute atomic E-state index is 0.252. The fourth-order valence-corrected chi connectivity index (χ4v) is 1.64. The molecule has 0 spiro atoms. The van der Waals surface area contributed by atoms with E-state index >= 15 is 0 Å². The fraction of sp³-hybridized carbons (Fsp3) is 0. The van der Waals surface area contributed by atoms with Gasteiger partial charge >= 0.3 is 0 Å². The van der Waals surface area contributed by atoms with Crippen LogP contribution in [0.5, 0.6) is 0 Å². The maximum Gasteiger partial charge on any atom is 0.257 e. The summed E-state index contributed by atoms with van der Waals surface area (Å²) in [4.78, 5) is 15.3. The lowest BCUT2D eigenvalue weighted by molar-refractivity contribution is 0.102. The molecule has 0 fully saturated rings. The number of nitrogens with one attached hydrogen (secondary N) is 1. The van der Waals surface area contributed by atoms with Crippen LogP contribution in [-0.2, 0) is 0 Å². The number of hydrogen-bond donors (Lipinski definition) is 2. The highest BCUT2D eigenvalue weighted by atomic mass is 35.5. The third-order valence-electron chi connectivity index (χ3n) is 2.22. The van der Waals surface area contributed by atoms with E-state index < -0.39 is 11.9 Å². The van der Waals surface area contributed by atoms with Gasteiger partial charge in [0, 0.05) is 5.69 Å². The molecule has 0 aliphatic carbocycles. The number of aromatic nitrogens is 1. The Balaban J connectivity index is 2.19. The van der Waals surface area contributed by atoms with E-state index in [4.69, 9.17) is 17.3 Å². The number of carbonyl (C=O) groups is 1. The van der Waals surface area contributed by atoms with E-state index in [0.717, 1.165) is 6.07 Å². The van der Waals surface area contributed by atoms with Crippen LogP contribution in [0.15, 0.2) is 36.5 Å². The van der Waals surface area contributed by atoms with Crippen LogP contribution in [-0.4, -0.2) is 10.9 Å². The standard InChI is InChI=1S/C12H9ClFN3O/c13-10-5-7(15)1-3-9(10)12(18)17-8-2-4-11(14)16-6-8/h1-6H,15H2,(H,17,18). The van der Waals surface area contributed by atoms with Crippen LogP contribution in [0.25, 0.3) is 0 Å². The highest BCUT2D eigenvalue weighted by molar-refractivity contribution is 6.34. The predicted octanol–water partition coefficient (Wildman–Crippen LogP) is 2.71. The lowest BCUT2D eigenvalue weighted by atomic mass is 10.2. The molecule has 18 heavy (non-hydrogen) atoms. The van der Waals surface area contributed by atoms with E-state index in [0.29, 0.717) is 11.4 Å². The molecule has 1 amide bonds. The smallest absolute Gasteiger partial charge is 0.257 e. The molecular weight excluding hydrogens is 257 g/mol. The van der Waals surface area contributed by atoms with Gasteiger partial charge in [0.1, 0.15) is 0 Å². The molecule has 2 aromatic rings. The number of carbonyl (C=O) groups excluding carboxylic acids is 1. The first kappa shape index (κ1) is 12.3. The van der Waals surface area contributed by atoms with Gasteiger partial charge in [-0.3, -0.25) is 4.79 Å². The second-order valence-corrected chi connectivity index (χ2v) is 3.97. The van der Waals surface area contributed by atoms with Gasteiger partial charge in [-0.25, -0.2) is 4.98 Å². The maximum absolute atomic E-state index is 12.6. The van der Waals surface area contributed by atoms with Crippen molar-refractivity contribution in [1.82, 2.24) is 4.98 Å². The third kappa shape index (κ3) is 2.75. The van der Waals surface area contributed by atoms with E-state index in [-0.39, 0.29) is 10.6 Å². The first-order valence-electron chi connectivity index (χ1n) is 5.04. The molecule has 1 aromatic heterocycles. The van der Waals surface area contributed by atoms with Crippen LogP contribution in [0.3, 0.4) is 0 Å². The molecule has 0 aliphatic heterocycles. The van der Waals surface area contributed by atoms with Crippen LogP contribution >= 0.6 is 11.6 Å². The minimum atomic E-state index is -0.612. The molecule has 3 N–H and O–H groups in total. The summed E-state index contributed by atoms with van der Waals surface area (Å²) >= 11 is 5.90. The molecular formula is C12H9ClFN3O. The van der Waals surface area contributed by atoms with Crippen LogP contribution in [0.1, 0.15) is 10.4 Å². The van der Waals surface area contributed by atoms with E-state index in [1.807, 2.05) is 0 Å². The van der Waals surface area contributed by atoms with Crippen LogP contribution < -0.4 is 11.1 Å². The zero-order chi connectivity index (χ0) is 13.1. The summed E-state index contributed by atoms with van der Waals surface area (Å²) in [5, 5.41) is 2.80. The van der Waals surface area contributed by atoms with Crippen molar-refractivity contribution in [1.29, 1.82) is 0 Å². The molecule has 0 atom stereocenters. The van der Waals surface area contributed by atoms with Crippen molar-refractivity contribution >= 4 is 28.9 Å². The van der Waals surface area contributed by atoms with E-state index in [2.05, 4.69) is 10.3 Å². The highest BCUT2D eigenvalue weighted by Gasteiger charge is 2.10. The second-order valence-electron chi connectivity index (χ2n) is 3.56. The van der Waals surface area contributed by atoms with Crippen molar-refractivity contribution < 1.29 is 9.18 Å². The first-order chi connectivity index (χ1) is 8.56. The molecule has 0 saturated heterocycles. The Morgan fingerprint density at radius 3 is 2.72 bits per heavy atom. The molecule has 0 radical (unpaired) electrons. The summed E-state index contributed by atoms with van der Waals surface area (Å²) in [5.74, 6) is -1.02. The zero-order valence-corrected chi connectivity index (χ0v) is 9.91. The average Bonchev–Trinajstić information content (AvgIpc) is 2.32. The largest absolute Gasteiger partial charge is 0.399 e. The van der Waals surface area contributed by atoms with Gasteiger partial charge in [-0.1, -0.05) is 11.6 Å². The molecule has 0 bridgehead atoms. The van der Waals surface area contributed by atoms with Crippen molar-refractivity contribution in [2.24, 2.45) is 0 Å². The Kier molecular flexibility index (Phi) is 3.43. The third-order valence-corrected chi connectivity index (χ3v) is 2.54. The first-order valence-corrected chi connectivity index (χ1v) is 5.42. The summed E-state index contributed by atoms with van der Waals surface area (Å²) in [7, 11) is 0. The van der Waals surface area contributed by atoms with Gasteiger partial charge in [-0.15, -0.1) is 0 Å². The molecule has 4 nitrogen and oxygen atoms in total. The number of benzene rings is 1. The summed E-state index contributed by atoms with van der Waals surface area (Å²) in [6, 6.07) is 7.14. The van der Waals surface area contributed by atoms with Gasteiger partial charge in [-0.05, 0) is 30.3 Å². The summed E-state index contributed by atoms with van der Waals surface area (Å²) in [6.45, 7) is 0. The van der Waals surface area contributed by atoms with Gasteiger partial charge in [0.15, 0.2) is 0 Å². The lowest BCUT2D eigenvalue weighted by Gasteiger charge is -2.06. The topological polar surface area (TPSA) is 68.0 Å². The predicted molar refractivity (Wildman–Crippen MR) is 68.0 cm³/mol. The second kappa shape index (κ2) is 5.01. The SMILES string of the molecule is Nc1ccc(C(=O)Nc2ccc(F)nc2)c(Cl)c1. The molecule has 1 heterocycles. The van der Waals surface area contributed by atoms with E-state index in [1.165, 1.54) is 24.4 Å². The van der Waals surface area contributed by atoms with Gasteiger partial charge in [0.2, 0.25) is 5.95 Å². The number of halogens is 2. The summed E-state index contributed by atoms with van der Waals surface area (Å²) in [6.07, 6.45) is 1.22. The normalized spacial score (nSPS) is 10.1. The number of amides is 1. The van der Waals surface area contributed by atoms with Crippen LogP contribution in [0, 0.1) is 5.95 Å². The Morgan fingerprint density at radius 2 is 2.11 bits per heavy atom. The number of rotatable bonds is 2. The van der Waals surface area contributed by atoms with Crippen molar-refractivity contribution in [2.45, 2.75) is 0 Å². The maximum atomic E-state index is 12.6. The molecule has 0 saturated carbocycles. The lowest BCUT2D eigenvalue weighted by Crippen LogP contribution is -2.12. The summed E-state index contributed by atoms with van der Waals surface area (Å²) < 4.78 is 12.6. The Bertz CT molecular complexity index is 586.